The first kappa shape index (κ1) is 14.4. The molecule has 1 fully saturated rings. The molecule has 106 valence electrons. The second kappa shape index (κ2) is 5.55. The Balaban J connectivity index is 2.35. The molecular weight excluding hydrogens is 246 g/mol. The zero-order valence-electron chi connectivity index (χ0n) is 11.8. The monoisotopic (exact) mass is 268 g/mol. The van der Waals surface area contributed by atoms with Gasteiger partial charge in [-0.2, -0.15) is 0 Å². The first-order valence-corrected chi connectivity index (χ1v) is 6.84. The molecule has 1 heterocycles. The summed E-state index contributed by atoms with van der Waals surface area (Å²) in [7, 11) is 1.80. The minimum absolute atomic E-state index is 0.235. The molecule has 0 aliphatic carbocycles. The Labute approximate surface area is 113 Å². The molecule has 1 saturated heterocycles. The Morgan fingerprint density at radius 1 is 1.21 bits per heavy atom. The Morgan fingerprint density at radius 3 is 2.42 bits per heavy atom. The van der Waals surface area contributed by atoms with Gasteiger partial charge in [0, 0.05) is 11.1 Å². The first-order valence-electron chi connectivity index (χ1n) is 6.84. The van der Waals surface area contributed by atoms with Crippen molar-refractivity contribution in [2.24, 2.45) is 0 Å². The number of halogens is 2. The molecule has 0 aromatic heterocycles. The summed E-state index contributed by atoms with van der Waals surface area (Å²) in [5.74, 6) is -1.52. The maximum atomic E-state index is 14.0. The smallest absolute Gasteiger partial charge is 0.163 e. The average Bonchev–Trinajstić information content (AvgIpc) is 2.89. The largest absolute Gasteiger partial charge is 0.311 e. The van der Waals surface area contributed by atoms with Crippen LogP contribution in [0.25, 0.3) is 0 Å². The highest BCUT2D eigenvalue weighted by Gasteiger charge is 2.38. The first-order chi connectivity index (χ1) is 8.98. The number of likely N-dealkylation sites (N-methyl/N-ethyl adjacent to an activating group) is 1. The van der Waals surface area contributed by atoms with Gasteiger partial charge in [0.2, 0.25) is 0 Å². The molecule has 19 heavy (non-hydrogen) atoms. The maximum Gasteiger partial charge on any atom is 0.163 e. The molecule has 0 spiro atoms. The summed E-state index contributed by atoms with van der Waals surface area (Å²) in [6.07, 6.45) is 2.34. The summed E-state index contributed by atoms with van der Waals surface area (Å²) in [6, 6.07) is 4.16. The van der Waals surface area contributed by atoms with Crippen LogP contribution in [0.15, 0.2) is 18.2 Å². The lowest BCUT2D eigenvalue weighted by Crippen LogP contribution is -2.51. The minimum Gasteiger partial charge on any atom is -0.311 e. The van der Waals surface area contributed by atoms with Gasteiger partial charge in [0.05, 0.1) is 6.04 Å². The Hall–Kier alpha value is -1.00. The molecule has 1 N–H and O–H groups in total. The summed E-state index contributed by atoms with van der Waals surface area (Å²) >= 11 is 0. The second-order valence-corrected chi connectivity index (χ2v) is 5.71. The van der Waals surface area contributed by atoms with Gasteiger partial charge >= 0.3 is 0 Å². The molecule has 0 bridgehead atoms. The van der Waals surface area contributed by atoms with Crippen LogP contribution in [0.4, 0.5) is 8.78 Å². The molecule has 0 amide bonds. The van der Waals surface area contributed by atoms with Crippen LogP contribution in [0, 0.1) is 11.6 Å². The van der Waals surface area contributed by atoms with Crippen LogP contribution in [-0.2, 0) is 0 Å². The van der Waals surface area contributed by atoms with Crippen molar-refractivity contribution in [1.82, 2.24) is 10.2 Å². The number of hydrogen-bond acceptors (Lipinski definition) is 2. The molecule has 2 rings (SSSR count). The number of hydrogen-bond donors (Lipinski definition) is 1. The van der Waals surface area contributed by atoms with Gasteiger partial charge in [0.25, 0.3) is 0 Å². The predicted molar refractivity (Wildman–Crippen MR) is 73.0 cm³/mol. The van der Waals surface area contributed by atoms with Gasteiger partial charge in [0.15, 0.2) is 11.6 Å². The van der Waals surface area contributed by atoms with E-state index in [2.05, 4.69) is 24.1 Å². The highest BCUT2D eigenvalue weighted by Crippen LogP contribution is 2.34. The van der Waals surface area contributed by atoms with E-state index in [0.717, 1.165) is 19.2 Å². The third-order valence-electron chi connectivity index (χ3n) is 4.21. The van der Waals surface area contributed by atoms with Crippen LogP contribution in [0.5, 0.6) is 0 Å². The molecule has 1 aromatic carbocycles. The van der Waals surface area contributed by atoms with Crippen molar-refractivity contribution in [3.63, 3.8) is 0 Å². The molecule has 0 saturated carbocycles. The van der Waals surface area contributed by atoms with Crippen LogP contribution in [-0.4, -0.2) is 30.6 Å². The van der Waals surface area contributed by atoms with Crippen LogP contribution in [0.1, 0.15) is 38.3 Å². The Bertz CT molecular complexity index is 440. The summed E-state index contributed by atoms with van der Waals surface area (Å²) < 4.78 is 27.4. The lowest BCUT2D eigenvalue weighted by atomic mass is 9.86. The van der Waals surface area contributed by atoms with Gasteiger partial charge in [-0.3, -0.25) is 4.90 Å². The number of likely N-dealkylation sites (tertiary alicyclic amines) is 1. The lowest BCUT2D eigenvalue weighted by Gasteiger charge is -2.42. The third-order valence-corrected chi connectivity index (χ3v) is 4.21. The summed E-state index contributed by atoms with van der Waals surface area (Å²) in [4.78, 5) is 2.35. The predicted octanol–water partition coefficient (Wildman–Crippen LogP) is 3.10. The summed E-state index contributed by atoms with van der Waals surface area (Å²) in [5, 5.41) is 3.16. The van der Waals surface area contributed by atoms with Gasteiger partial charge in [-0.05, 0) is 52.9 Å². The number of rotatable bonds is 4. The van der Waals surface area contributed by atoms with Gasteiger partial charge in [0.1, 0.15) is 0 Å². The van der Waals surface area contributed by atoms with Gasteiger partial charge < -0.3 is 5.32 Å². The molecule has 4 heteroatoms. The normalized spacial score (nSPS) is 18.8. The average molecular weight is 268 g/mol. The SMILES string of the molecule is CNC(c1cccc(F)c1F)C(C)(C)N1CCCC1. The van der Waals surface area contributed by atoms with Crippen molar-refractivity contribution in [2.45, 2.75) is 38.3 Å². The van der Waals surface area contributed by atoms with Crippen LogP contribution in [0.3, 0.4) is 0 Å². The van der Waals surface area contributed by atoms with Crippen LogP contribution in [0.2, 0.25) is 0 Å². The van der Waals surface area contributed by atoms with E-state index in [1.807, 2.05) is 0 Å². The summed E-state index contributed by atoms with van der Waals surface area (Å²) in [5.41, 5.74) is 0.152. The molecule has 1 atom stereocenters. The van der Waals surface area contributed by atoms with Crippen molar-refractivity contribution < 1.29 is 8.78 Å². The zero-order valence-corrected chi connectivity index (χ0v) is 11.8. The molecule has 1 aliphatic rings. The van der Waals surface area contributed by atoms with E-state index in [-0.39, 0.29) is 11.6 Å². The fraction of sp³-hybridized carbons (Fsp3) is 0.600. The van der Waals surface area contributed by atoms with Gasteiger partial charge in [-0.1, -0.05) is 12.1 Å². The van der Waals surface area contributed by atoms with E-state index in [0.29, 0.717) is 5.56 Å². The summed E-state index contributed by atoms with van der Waals surface area (Å²) in [6.45, 7) is 6.21. The van der Waals surface area contributed by atoms with E-state index in [1.165, 1.54) is 12.8 Å². The molecule has 1 unspecified atom stereocenters. The number of nitrogens with one attached hydrogen (secondary N) is 1. The molecule has 1 aromatic rings. The molecule has 1 aliphatic heterocycles. The van der Waals surface area contributed by atoms with Crippen molar-refractivity contribution in [1.29, 1.82) is 0 Å². The maximum absolute atomic E-state index is 14.0. The fourth-order valence-corrected chi connectivity index (χ4v) is 3.11. The van der Waals surface area contributed by atoms with Crippen molar-refractivity contribution in [2.75, 3.05) is 20.1 Å². The quantitative estimate of drug-likeness (QED) is 0.902. The van der Waals surface area contributed by atoms with Gasteiger partial charge in [-0.15, -0.1) is 0 Å². The standard InChI is InChI=1S/C15H22F2N2/c1-15(2,19-9-4-5-10-19)14(18-3)11-7-6-8-12(16)13(11)17/h6-8,14,18H,4-5,9-10H2,1-3H3. The van der Waals surface area contributed by atoms with Crippen molar-refractivity contribution >= 4 is 0 Å². The van der Waals surface area contributed by atoms with Gasteiger partial charge in [-0.25, -0.2) is 8.78 Å². The molecular formula is C15H22F2N2. The number of benzene rings is 1. The van der Waals surface area contributed by atoms with Crippen molar-refractivity contribution in [3.05, 3.63) is 35.4 Å². The second-order valence-electron chi connectivity index (χ2n) is 5.71. The Kier molecular flexibility index (Phi) is 4.21. The molecule has 0 radical (unpaired) electrons. The van der Waals surface area contributed by atoms with Crippen LogP contribution < -0.4 is 5.32 Å². The lowest BCUT2D eigenvalue weighted by molar-refractivity contribution is 0.108. The van der Waals surface area contributed by atoms with E-state index in [4.69, 9.17) is 0 Å². The highest BCUT2D eigenvalue weighted by molar-refractivity contribution is 5.25. The molecule has 2 nitrogen and oxygen atoms in total. The highest BCUT2D eigenvalue weighted by atomic mass is 19.2. The third kappa shape index (κ3) is 2.65. The van der Waals surface area contributed by atoms with E-state index >= 15 is 0 Å². The fourth-order valence-electron chi connectivity index (χ4n) is 3.11. The van der Waals surface area contributed by atoms with E-state index in [1.54, 1.807) is 19.2 Å². The topological polar surface area (TPSA) is 15.3 Å². The zero-order chi connectivity index (χ0) is 14.0. The number of nitrogens with zero attached hydrogens (tertiary/aromatic N) is 1. The van der Waals surface area contributed by atoms with Crippen molar-refractivity contribution in [3.8, 4) is 0 Å². The van der Waals surface area contributed by atoms with Crippen LogP contribution >= 0.6 is 0 Å². The Morgan fingerprint density at radius 2 is 1.84 bits per heavy atom. The van der Waals surface area contributed by atoms with E-state index < -0.39 is 11.6 Å². The van der Waals surface area contributed by atoms with E-state index in [9.17, 15) is 8.78 Å². The minimum atomic E-state index is -0.782.